The van der Waals surface area contributed by atoms with Crippen LogP contribution in [0.4, 0.5) is 0 Å². The minimum Gasteiger partial charge on any atom is -0.351 e. The molecule has 0 aliphatic heterocycles. The largest absolute Gasteiger partial charge is 0.351 e. The van der Waals surface area contributed by atoms with Crippen molar-refractivity contribution >= 4 is 5.91 Å². The highest BCUT2D eigenvalue weighted by Gasteiger charge is 2.36. The molecule has 1 aliphatic carbocycles. The van der Waals surface area contributed by atoms with E-state index in [4.69, 9.17) is 0 Å². The van der Waals surface area contributed by atoms with Crippen LogP contribution in [0.5, 0.6) is 0 Å². The molecule has 1 fully saturated rings. The maximum atomic E-state index is 12.6. The third kappa shape index (κ3) is 2.48. The molecule has 2 aromatic rings. The lowest BCUT2D eigenvalue weighted by molar-refractivity contribution is 0.0928. The Labute approximate surface area is 125 Å². The molecule has 21 heavy (non-hydrogen) atoms. The molecule has 0 radical (unpaired) electrons. The van der Waals surface area contributed by atoms with Crippen LogP contribution >= 0.6 is 0 Å². The summed E-state index contributed by atoms with van der Waals surface area (Å²) >= 11 is 0. The van der Waals surface area contributed by atoms with Crippen molar-refractivity contribution in [1.82, 2.24) is 19.4 Å². The van der Waals surface area contributed by atoms with Gasteiger partial charge >= 0.3 is 0 Å². The number of nitrogens with zero attached hydrogens (tertiary/aromatic N) is 3. The SMILES string of the molecule is Cc1cc(C(=O)N[C@H](c2nccn2C)C2CC2)c(C)n1C. The number of imidazole rings is 1. The molecule has 1 amide bonds. The van der Waals surface area contributed by atoms with Crippen molar-refractivity contribution in [2.45, 2.75) is 32.7 Å². The van der Waals surface area contributed by atoms with Crippen molar-refractivity contribution in [1.29, 1.82) is 0 Å². The summed E-state index contributed by atoms with van der Waals surface area (Å²) in [5.74, 6) is 1.45. The van der Waals surface area contributed by atoms with E-state index in [2.05, 4.69) is 10.3 Å². The van der Waals surface area contributed by atoms with Crippen LogP contribution in [0.15, 0.2) is 18.5 Å². The van der Waals surface area contributed by atoms with Crippen molar-refractivity contribution in [2.75, 3.05) is 0 Å². The number of hydrogen-bond acceptors (Lipinski definition) is 2. The van der Waals surface area contributed by atoms with Crippen molar-refractivity contribution < 1.29 is 4.79 Å². The summed E-state index contributed by atoms with van der Waals surface area (Å²) < 4.78 is 4.04. The topological polar surface area (TPSA) is 51.9 Å². The van der Waals surface area contributed by atoms with Gasteiger partial charge in [-0.15, -0.1) is 0 Å². The van der Waals surface area contributed by atoms with Crippen LogP contribution in [0.3, 0.4) is 0 Å². The first-order valence-electron chi connectivity index (χ1n) is 7.40. The van der Waals surface area contributed by atoms with Gasteiger partial charge in [0.2, 0.25) is 0 Å². The second kappa shape index (κ2) is 5.06. The lowest BCUT2D eigenvalue weighted by Crippen LogP contribution is -2.31. The Balaban J connectivity index is 1.85. The van der Waals surface area contributed by atoms with Crippen molar-refractivity contribution in [3.8, 4) is 0 Å². The predicted octanol–water partition coefficient (Wildman–Crippen LogP) is 2.26. The Bertz CT molecular complexity index is 679. The van der Waals surface area contributed by atoms with Gasteiger partial charge in [-0.2, -0.15) is 0 Å². The van der Waals surface area contributed by atoms with Gasteiger partial charge in [0, 0.05) is 37.9 Å². The van der Waals surface area contributed by atoms with E-state index >= 15 is 0 Å². The molecule has 1 saturated carbocycles. The van der Waals surface area contributed by atoms with E-state index in [9.17, 15) is 4.79 Å². The normalized spacial score (nSPS) is 16.0. The molecular weight excluding hydrogens is 264 g/mol. The number of carbonyl (C=O) groups is 1. The second-order valence-corrected chi connectivity index (χ2v) is 6.03. The van der Waals surface area contributed by atoms with E-state index in [1.807, 2.05) is 49.3 Å². The molecule has 1 N–H and O–H groups in total. The van der Waals surface area contributed by atoms with Crippen LogP contribution in [0, 0.1) is 19.8 Å². The van der Waals surface area contributed by atoms with Crippen LogP contribution in [0.2, 0.25) is 0 Å². The van der Waals surface area contributed by atoms with Gasteiger partial charge < -0.3 is 14.5 Å². The molecule has 1 aliphatic rings. The number of aryl methyl sites for hydroxylation is 2. The van der Waals surface area contributed by atoms with Crippen molar-refractivity contribution in [3.63, 3.8) is 0 Å². The molecule has 0 unspecified atom stereocenters. The summed E-state index contributed by atoms with van der Waals surface area (Å²) in [5, 5.41) is 3.18. The number of aromatic nitrogens is 3. The van der Waals surface area contributed by atoms with Crippen molar-refractivity contribution in [2.24, 2.45) is 20.0 Å². The molecule has 5 nitrogen and oxygen atoms in total. The van der Waals surface area contributed by atoms with Gasteiger partial charge in [0.15, 0.2) is 0 Å². The Hall–Kier alpha value is -2.04. The summed E-state index contributed by atoms with van der Waals surface area (Å²) in [6.07, 6.45) is 6.03. The number of carbonyl (C=O) groups excluding carboxylic acids is 1. The van der Waals surface area contributed by atoms with Gasteiger partial charge in [0.1, 0.15) is 5.82 Å². The first-order chi connectivity index (χ1) is 9.99. The van der Waals surface area contributed by atoms with Crippen LogP contribution in [-0.4, -0.2) is 20.0 Å². The smallest absolute Gasteiger partial charge is 0.253 e. The van der Waals surface area contributed by atoms with E-state index in [1.165, 1.54) is 0 Å². The fourth-order valence-corrected chi connectivity index (χ4v) is 2.80. The summed E-state index contributed by atoms with van der Waals surface area (Å²) in [6.45, 7) is 4.00. The highest BCUT2D eigenvalue weighted by Crippen LogP contribution is 2.40. The molecule has 0 aromatic carbocycles. The van der Waals surface area contributed by atoms with Crippen LogP contribution in [0.1, 0.15) is 46.5 Å². The average molecular weight is 286 g/mol. The van der Waals surface area contributed by atoms with Gasteiger partial charge in [0.05, 0.1) is 11.6 Å². The molecule has 2 heterocycles. The van der Waals surface area contributed by atoms with Gasteiger partial charge in [0.25, 0.3) is 5.91 Å². The quantitative estimate of drug-likeness (QED) is 0.937. The highest BCUT2D eigenvalue weighted by molar-refractivity contribution is 5.96. The Morgan fingerprint density at radius 1 is 1.38 bits per heavy atom. The first-order valence-corrected chi connectivity index (χ1v) is 7.40. The Kier molecular flexibility index (Phi) is 3.35. The number of rotatable bonds is 4. The number of nitrogens with one attached hydrogen (secondary N) is 1. The second-order valence-electron chi connectivity index (χ2n) is 6.03. The molecule has 0 bridgehead atoms. The molecule has 2 aromatic heterocycles. The van der Waals surface area contributed by atoms with Crippen LogP contribution in [-0.2, 0) is 14.1 Å². The third-order valence-electron chi connectivity index (χ3n) is 4.54. The summed E-state index contributed by atoms with van der Waals surface area (Å²) in [6, 6.07) is 1.96. The van der Waals surface area contributed by atoms with Gasteiger partial charge in [-0.25, -0.2) is 4.98 Å². The van der Waals surface area contributed by atoms with Crippen LogP contribution in [0.25, 0.3) is 0 Å². The van der Waals surface area contributed by atoms with E-state index < -0.39 is 0 Å². The minimum absolute atomic E-state index is 0.00361. The molecular formula is C16H22N4O. The maximum Gasteiger partial charge on any atom is 0.253 e. The zero-order valence-electron chi connectivity index (χ0n) is 13.1. The molecule has 112 valence electrons. The molecule has 1 atom stereocenters. The maximum absolute atomic E-state index is 12.6. The fourth-order valence-electron chi connectivity index (χ4n) is 2.80. The summed E-state index contributed by atoms with van der Waals surface area (Å²) in [4.78, 5) is 17.0. The van der Waals surface area contributed by atoms with E-state index in [1.54, 1.807) is 6.20 Å². The Morgan fingerprint density at radius 2 is 2.10 bits per heavy atom. The minimum atomic E-state index is -0.00361. The predicted molar refractivity (Wildman–Crippen MR) is 81.0 cm³/mol. The summed E-state index contributed by atoms with van der Waals surface area (Å²) in [7, 11) is 3.96. The summed E-state index contributed by atoms with van der Waals surface area (Å²) in [5.41, 5.74) is 2.85. The van der Waals surface area contributed by atoms with Gasteiger partial charge in [-0.1, -0.05) is 0 Å². The molecule has 5 heteroatoms. The van der Waals surface area contributed by atoms with Gasteiger partial charge in [-0.05, 0) is 38.7 Å². The van der Waals surface area contributed by atoms with Crippen molar-refractivity contribution in [3.05, 3.63) is 41.2 Å². The van der Waals surface area contributed by atoms with Crippen LogP contribution < -0.4 is 5.32 Å². The average Bonchev–Trinajstić information content (AvgIpc) is 3.16. The zero-order chi connectivity index (χ0) is 15.1. The van der Waals surface area contributed by atoms with Gasteiger partial charge in [-0.3, -0.25) is 4.79 Å². The molecule has 0 saturated heterocycles. The highest BCUT2D eigenvalue weighted by atomic mass is 16.1. The lowest BCUT2D eigenvalue weighted by Gasteiger charge is -2.18. The third-order valence-corrected chi connectivity index (χ3v) is 4.54. The van der Waals surface area contributed by atoms with E-state index in [-0.39, 0.29) is 11.9 Å². The molecule has 0 spiro atoms. The van der Waals surface area contributed by atoms with E-state index in [0.717, 1.165) is 35.6 Å². The van der Waals surface area contributed by atoms with E-state index in [0.29, 0.717) is 5.92 Å². The molecule has 3 rings (SSSR count). The lowest BCUT2D eigenvalue weighted by atomic mass is 10.1. The zero-order valence-corrected chi connectivity index (χ0v) is 13.1. The first kappa shape index (κ1) is 13.9. The fraction of sp³-hybridized carbons (Fsp3) is 0.500. The number of amides is 1. The monoisotopic (exact) mass is 286 g/mol. The number of hydrogen-bond donors (Lipinski definition) is 1. The Morgan fingerprint density at radius 3 is 2.57 bits per heavy atom. The standard InChI is InChI=1S/C16H22N4O/c1-10-9-13(11(2)20(10)4)16(21)18-14(12-5-6-12)15-17-7-8-19(15)3/h7-9,12,14H,5-6H2,1-4H3,(H,18,21)/t14-/m0/s1.